The molecule has 1 saturated heterocycles. The number of methoxy groups -OCH3 is 1. The summed E-state index contributed by atoms with van der Waals surface area (Å²) < 4.78 is 10.8. The predicted octanol–water partition coefficient (Wildman–Crippen LogP) is 2.07. The Labute approximate surface area is 122 Å². The summed E-state index contributed by atoms with van der Waals surface area (Å²) in [5.74, 6) is 0.898. The van der Waals surface area contributed by atoms with Crippen molar-refractivity contribution in [1.82, 2.24) is 10.2 Å². The Balaban J connectivity index is 2.07. The van der Waals surface area contributed by atoms with Gasteiger partial charge in [0, 0.05) is 24.7 Å². The molecule has 1 aliphatic rings. The Morgan fingerprint density at radius 1 is 1.35 bits per heavy atom. The van der Waals surface area contributed by atoms with E-state index in [1.54, 1.807) is 7.11 Å². The first kappa shape index (κ1) is 15.3. The molecule has 1 N–H and O–H groups in total. The maximum absolute atomic E-state index is 5.59. The lowest BCUT2D eigenvalue weighted by Gasteiger charge is -2.43. The van der Waals surface area contributed by atoms with Crippen LogP contribution in [-0.4, -0.2) is 50.9 Å². The number of hydrogen-bond donors (Lipinski definition) is 1. The SMILES string of the molecule is CNC(CN1CCOCC1(C)C)c1ccc(OC)cc1. The lowest BCUT2D eigenvalue weighted by Crippen LogP contribution is -2.54. The lowest BCUT2D eigenvalue weighted by atomic mass is 9.99. The van der Waals surface area contributed by atoms with E-state index in [4.69, 9.17) is 9.47 Å². The largest absolute Gasteiger partial charge is 0.497 e. The fraction of sp³-hybridized carbons (Fsp3) is 0.625. The van der Waals surface area contributed by atoms with Crippen LogP contribution >= 0.6 is 0 Å². The molecule has 4 heteroatoms. The van der Waals surface area contributed by atoms with E-state index >= 15 is 0 Å². The average molecular weight is 278 g/mol. The number of benzene rings is 1. The highest BCUT2D eigenvalue weighted by Crippen LogP contribution is 2.24. The minimum absolute atomic E-state index is 0.0970. The van der Waals surface area contributed by atoms with Crippen LogP contribution in [0.15, 0.2) is 24.3 Å². The molecule has 0 aromatic heterocycles. The summed E-state index contributed by atoms with van der Waals surface area (Å²) >= 11 is 0. The van der Waals surface area contributed by atoms with Crippen LogP contribution in [0.3, 0.4) is 0 Å². The highest BCUT2D eigenvalue weighted by Gasteiger charge is 2.31. The topological polar surface area (TPSA) is 33.7 Å². The van der Waals surface area contributed by atoms with E-state index in [1.807, 2.05) is 19.2 Å². The maximum Gasteiger partial charge on any atom is 0.118 e. The average Bonchev–Trinajstić information content (AvgIpc) is 2.46. The first-order valence-electron chi connectivity index (χ1n) is 7.21. The van der Waals surface area contributed by atoms with Crippen molar-refractivity contribution < 1.29 is 9.47 Å². The smallest absolute Gasteiger partial charge is 0.118 e. The monoisotopic (exact) mass is 278 g/mol. The van der Waals surface area contributed by atoms with E-state index in [1.165, 1.54) is 5.56 Å². The standard InChI is InChI=1S/C16H26N2O2/c1-16(2)12-20-10-9-18(16)11-15(17-3)13-5-7-14(19-4)8-6-13/h5-8,15,17H,9-12H2,1-4H3. The molecule has 112 valence electrons. The molecule has 1 fully saturated rings. The number of nitrogens with zero attached hydrogens (tertiary/aromatic N) is 1. The predicted molar refractivity (Wildman–Crippen MR) is 81.3 cm³/mol. The molecule has 0 saturated carbocycles. The molecule has 0 spiro atoms. The van der Waals surface area contributed by atoms with Crippen LogP contribution in [0.2, 0.25) is 0 Å². The third-order valence-corrected chi connectivity index (χ3v) is 4.09. The summed E-state index contributed by atoms with van der Waals surface area (Å²) in [4.78, 5) is 2.50. The van der Waals surface area contributed by atoms with Crippen molar-refractivity contribution in [2.75, 3.05) is 40.5 Å². The van der Waals surface area contributed by atoms with Crippen LogP contribution in [0.25, 0.3) is 0 Å². The summed E-state index contributed by atoms with van der Waals surface area (Å²) in [5, 5.41) is 3.42. The number of hydrogen-bond acceptors (Lipinski definition) is 4. The molecule has 20 heavy (non-hydrogen) atoms. The van der Waals surface area contributed by atoms with Crippen molar-refractivity contribution in [3.8, 4) is 5.75 Å². The minimum Gasteiger partial charge on any atom is -0.497 e. The van der Waals surface area contributed by atoms with Crippen LogP contribution in [0.4, 0.5) is 0 Å². The third kappa shape index (κ3) is 3.51. The van der Waals surface area contributed by atoms with Crippen LogP contribution < -0.4 is 10.1 Å². The molecule has 1 aromatic carbocycles. The van der Waals surface area contributed by atoms with Gasteiger partial charge in [0.15, 0.2) is 0 Å². The molecule has 0 radical (unpaired) electrons. The van der Waals surface area contributed by atoms with Crippen molar-refractivity contribution >= 4 is 0 Å². The zero-order chi connectivity index (χ0) is 14.6. The van der Waals surface area contributed by atoms with Crippen LogP contribution in [0.1, 0.15) is 25.5 Å². The van der Waals surface area contributed by atoms with Crippen molar-refractivity contribution in [3.63, 3.8) is 0 Å². The summed E-state index contributed by atoms with van der Waals surface area (Å²) in [5.41, 5.74) is 1.38. The van der Waals surface area contributed by atoms with E-state index < -0.39 is 0 Å². The van der Waals surface area contributed by atoms with Gasteiger partial charge < -0.3 is 14.8 Å². The second-order valence-corrected chi connectivity index (χ2v) is 5.93. The van der Waals surface area contributed by atoms with Crippen LogP contribution in [-0.2, 0) is 4.74 Å². The summed E-state index contributed by atoms with van der Waals surface area (Å²) in [6, 6.07) is 8.62. The molecule has 0 bridgehead atoms. The van der Waals surface area contributed by atoms with E-state index in [2.05, 4.69) is 36.2 Å². The summed E-state index contributed by atoms with van der Waals surface area (Å²) in [6.45, 7) is 8.08. The second-order valence-electron chi connectivity index (χ2n) is 5.93. The molecule has 0 aliphatic carbocycles. The molecule has 1 aliphatic heterocycles. The highest BCUT2D eigenvalue weighted by molar-refractivity contribution is 5.29. The van der Waals surface area contributed by atoms with Gasteiger partial charge in [0.25, 0.3) is 0 Å². The molecular formula is C16H26N2O2. The third-order valence-electron chi connectivity index (χ3n) is 4.09. The molecular weight excluding hydrogens is 252 g/mol. The maximum atomic E-state index is 5.59. The molecule has 2 rings (SSSR count). The minimum atomic E-state index is 0.0970. The molecule has 0 amide bonds. The second kappa shape index (κ2) is 6.57. The van der Waals surface area contributed by atoms with E-state index in [-0.39, 0.29) is 5.54 Å². The van der Waals surface area contributed by atoms with Gasteiger partial charge in [0.1, 0.15) is 5.75 Å². The van der Waals surface area contributed by atoms with Gasteiger partial charge in [-0.2, -0.15) is 0 Å². The Morgan fingerprint density at radius 2 is 2.05 bits per heavy atom. The van der Waals surface area contributed by atoms with Crippen molar-refractivity contribution in [1.29, 1.82) is 0 Å². The summed E-state index contributed by atoms with van der Waals surface area (Å²) in [7, 11) is 3.71. The fourth-order valence-electron chi connectivity index (χ4n) is 2.65. The van der Waals surface area contributed by atoms with Crippen LogP contribution in [0, 0.1) is 0 Å². The van der Waals surface area contributed by atoms with Gasteiger partial charge in [0.05, 0.1) is 20.3 Å². The number of morpholine rings is 1. The van der Waals surface area contributed by atoms with Crippen LogP contribution in [0.5, 0.6) is 5.75 Å². The van der Waals surface area contributed by atoms with E-state index in [9.17, 15) is 0 Å². The zero-order valence-electron chi connectivity index (χ0n) is 13.0. The van der Waals surface area contributed by atoms with E-state index in [0.717, 1.165) is 32.1 Å². The number of likely N-dealkylation sites (N-methyl/N-ethyl adjacent to an activating group) is 1. The molecule has 1 heterocycles. The van der Waals surface area contributed by atoms with Gasteiger partial charge in [-0.15, -0.1) is 0 Å². The highest BCUT2D eigenvalue weighted by atomic mass is 16.5. The number of nitrogens with one attached hydrogen (secondary N) is 1. The van der Waals surface area contributed by atoms with E-state index in [0.29, 0.717) is 6.04 Å². The Bertz CT molecular complexity index is 417. The lowest BCUT2D eigenvalue weighted by molar-refractivity contribution is -0.0543. The molecule has 1 aromatic rings. The van der Waals surface area contributed by atoms with Crippen molar-refractivity contribution in [3.05, 3.63) is 29.8 Å². The molecule has 1 atom stereocenters. The first-order valence-corrected chi connectivity index (χ1v) is 7.21. The van der Waals surface area contributed by atoms with Gasteiger partial charge in [-0.1, -0.05) is 12.1 Å². The molecule has 1 unspecified atom stereocenters. The Kier molecular flexibility index (Phi) is 5.02. The van der Waals surface area contributed by atoms with Gasteiger partial charge in [-0.05, 0) is 38.6 Å². The molecule has 4 nitrogen and oxygen atoms in total. The Morgan fingerprint density at radius 3 is 2.60 bits per heavy atom. The Hall–Kier alpha value is -1.10. The van der Waals surface area contributed by atoms with Gasteiger partial charge in [-0.3, -0.25) is 4.90 Å². The zero-order valence-corrected chi connectivity index (χ0v) is 13.0. The fourth-order valence-corrected chi connectivity index (χ4v) is 2.65. The van der Waals surface area contributed by atoms with Gasteiger partial charge >= 0.3 is 0 Å². The van der Waals surface area contributed by atoms with Crippen molar-refractivity contribution in [2.45, 2.75) is 25.4 Å². The van der Waals surface area contributed by atoms with Crippen molar-refractivity contribution in [2.24, 2.45) is 0 Å². The quantitative estimate of drug-likeness (QED) is 0.894. The number of rotatable bonds is 5. The van der Waals surface area contributed by atoms with Gasteiger partial charge in [0.2, 0.25) is 0 Å². The number of ether oxygens (including phenoxy) is 2. The summed E-state index contributed by atoms with van der Waals surface area (Å²) in [6.07, 6.45) is 0. The van der Waals surface area contributed by atoms with Gasteiger partial charge in [-0.25, -0.2) is 0 Å². The normalized spacial score (nSPS) is 20.6. The first-order chi connectivity index (χ1) is 9.56.